The first kappa shape index (κ1) is 9.38. The third-order valence-corrected chi connectivity index (χ3v) is 2.97. The minimum absolute atomic E-state index is 0.386. The van der Waals surface area contributed by atoms with Crippen LogP contribution in [0, 0.1) is 5.92 Å². The molecule has 0 spiro atoms. The Morgan fingerprint density at radius 3 is 2.64 bits per heavy atom. The number of nitrogens with zero attached hydrogens (tertiary/aromatic N) is 1. The molecule has 0 unspecified atom stereocenters. The number of aromatic nitrogens is 1. The van der Waals surface area contributed by atoms with Crippen LogP contribution in [-0.4, -0.2) is 10.8 Å². The lowest BCUT2D eigenvalue weighted by molar-refractivity contribution is -0.125. The number of hydrogen-bond donors (Lipinski definition) is 0. The van der Waals surface area contributed by atoms with Crippen LogP contribution in [0.1, 0.15) is 31.2 Å². The van der Waals surface area contributed by atoms with Gasteiger partial charge < -0.3 is 0 Å². The third-order valence-electron chi connectivity index (χ3n) is 2.97. The normalized spacial score (nSPS) is 16.3. The van der Waals surface area contributed by atoms with Gasteiger partial charge in [-0.25, -0.2) is 0 Å². The zero-order valence-corrected chi connectivity index (χ0v) is 8.28. The van der Waals surface area contributed by atoms with Gasteiger partial charge in [0.15, 0.2) is 0 Å². The van der Waals surface area contributed by atoms with Crippen LogP contribution >= 0.6 is 0 Å². The maximum absolute atomic E-state index is 11.6. The monoisotopic (exact) mass is 189 g/mol. The van der Waals surface area contributed by atoms with Gasteiger partial charge in [-0.3, -0.25) is 9.78 Å². The van der Waals surface area contributed by atoms with E-state index in [1.807, 2.05) is 12.1 Å². The quantitative estimate of drug-likeness (QED) is 0.728. The van der Waals surface area contributed by atoms with Gasteiger partial charge in [0, 0.05) is 24.7 Å². The van der Waals surface area contributed by atoms with Crippen LogP contribution in [0.2, 0.25) is 0 Å². The summed E-state index contributed by atoms with van der Waals surface area (Å²) in [5.41, 5.74) is 1.22. The van der Waals surface area contributed by atoms with Crippen molar-refractivity contribution < 1.29 is 4.79 Å². The summed E-state index contributed by atoms with van der Waals surface area (Å²) in [5, 5.41) is 0. The van der Waals surface area contributed by atoms with Crippen molar-refractivity contribution in [2.75, 3.05) is 0 Å². The van der Waals surface area contributed by atoms with Crippen LogP contribution in [0.25, 0.3) is 0 Å². The Morgan fingerprint density at radius 1 is 1.36 bits per heavy atom. The molecule has 2 rings (SSSR count). The van der Waals surface area contributed by atoms with E-state index in [1.165, 1.54) is 12.0 Å². The minimum atomic E-state index is 0.386. The van der Waals surface area contributed by atoms with Gasteiger partial charge in [-0.1, -0.05) is 6.42 Å². The second-order valence-corrected chi connectivity index (χ2v) is 3.95. The van der Waals surface area contributed by atoms with Gasteiger partial charge in [0.05, 0.1) is 0 Å². The van der Waals surface area contributed by atoms with Gasteiger partial charge in [0.2, 0.25) is 0 Å². The van der Waals surface area contributed by atoms with Crippen LogP contribution in [0.3, 0.4) is 0 Å². The van der Waals surface area contributed by atoms with Crippen LogP contribution in [0.5, 0.6) is 0 Å². The van der Waals surface area contributed by atoms with Gasteiger partial charge in [-0.2, -0.15) is 0 Å². The number of hydrogen-bond acceptors (Lipinski definition) is 2. The molecule has 0 amide bonds. The molecule has 0 aliphatic heterocycles. The smallest absolute Gasteiger partial charge is 0.136 e. The van der Waals surface area contributed by atoms with E-state index in [9.17, 15) is 4.79 Å². The molecular formula is C12H15NO. The average Bonchev–Trinajstić information content (AvgIpc) is 2.14. The number of rotatable bonds is 4. The Morgan fingerprint density at radius 2 is 2.07 bits per heavy atom. The maximum atomic E-state index is 11.6. The fraction of sp³-hybridized carbons (Fsp3) is 0.500. The average molecular weight is 189 g/mol. The van der Waals surface area contributed by atoms with E-state index in [0.29, 0.717) is 18.1 Å². The van der Waals surface area contributed by atoms with Crippen molar-refractivity contribution in [3.8, 4) is 0 Å². The lowest BCUT2D eigenvalue weighted by Gasteiger charge is -2.23. The van der Waals surface area contributed by atoms with Gasteiger partial charge >= 0.3 is 0 Å². The summed E-state index contributed by atoms with van der Waals surface area (Å²) in [6.45, 7) is 0. The van der Waals surface area contributed by atoms with E-state index < -0.39 is 0 Å². The zero-order chi connectivity index (χ0) is 9.80. The van der Waals surface area contributed by atoms with Crippen LogP contribution < -0.4 is 0 Å². The van der Waals surface area contributed by atoms with Gasteiger partial charge in [-0.05, 0) is 37.0 Å². The summed E-state index contributed by atoms with van der Waals surface area (Å²) < 4.78 is 0. The molecule has 0 radical (unpaired) electrons. The van der Waals surface area contributed by atoms with Crippen molar-refractivity contribution in [2.24, 2.45) is 5.92 Å². The molecule has 2 heteroatoms. The molecule has 74 valence electrons. The predicted molar refractivity (Wildman–Crippen MR) is 54.9 cm³/mol. The molecular weight excluding hydrogens is 174 g/mol. The molecule has 1 aliphatic rings. The lowest BCUT2D eigenvalue weighted by atomic mass is 9.80. The summed E-state index contributed by atoms with van der Waals surface area (Å²) in [5.74, 6) is 0.838. The zero-order valence-electron chi connectivity index (χ0n) is 8.28. The highest BCUT2D eigenvalue weighted by molar-refractivity contribution is 5.81. The minimum Gasteiger partial charge on any atom is -0.299 e. The van der Waals surface area contributed by atoms with E-state index in [2.05, 4.69) is 4.98 Å². The molecule has 1 saturated carbocycles. The summed E-state index contributed by atoms with van der Waals surface area (Å²) in [6.07, 6.45) is 8.62. The van der Waals surface area contributed by atoms with Crippen molar-refractivity contribution in [3.05, 3.63) is 30.1 Å². The largest absolute Gasteiger partial charge is 0.299 e. The maximum Gasteiger partial charge on any atom is 0.136 e. The van der Waals surface area contributed by atoms with E-state index in [0.717, 1.165) is 19.3 Å². The molecule has 1 heterocycles. The van der Waals surface area contributed by atoms with Gasteiger partial charge in [0.1, 0.15) is 5.78 Å². The van der Waals surface area contributed by atoms with Gasteiger partial charge in [-0.15, -0.1) is 0 Å². The van der Waals surface area contributed by atoms with Crippen molar-refractivity contribution in [1.29, 1.82) is 0 Å². The Balaban J connectivity index is 1.79. The first-order valence-electron chi connectivity index (χ1n) is 5.28. The SMILES string of the molecule is O=C(CCc1ccncc1)C1CCC1. The van der Waals surface area contributed by atoms with E-state index >= 15 is 0 Å². The number of aryl methyl sites for hydroxylation is 1. The molecule has 0 aromatic carbocycles. The highest BCUT2D eigenvalue weighted by atomic mass is 16.1. The van der Waals surface area contributed by atoms with Crippen molar-refractivity contribution in [2.45, 2.75) is 32.1 Å². The van der Waals surface area contributed by atoms with Crippen molar-refractivity contribution in [3.63, 3.8) is 0 Å². The third kappa shape index (κ3) is 2.19. The molecule has 1 aliphatic carbocycles. The Hall–Kier alpha value is -1.18. The van der Waals surface area contributed by atoms with E-state index in [-0.39, 0.29) is 0 Å². The highest BCUT2D eigenvalue weighted by Gasteiger charge is 2.24. The molecule has 2 nitrogen and oxygen atoms in total. The molecule has 14 heavy (non-hydrogen) atoms. The van der Waals surface area contributed by atoms with Crippen molar-refractivity contribution in [1.82, 2.24) is 4.98 Å². The number of ketones is 1. The molecule has 1 aromatic rings. The molecule has 1 fully saturated rings. The van der Waals surface area contributed by atoms with Crippen molar-refractivity contribution >= 4 is 5.78 Å². The first-order chi connectivity index (χ1) is 6.86. The first-order valence-corrected chi connectivity index (χ1v) is 5.28. The molecule has 0 atom stereocenters. The fourth-order valence-corrected chi connectivity index (χ4v) is 1.75. The number of carbonyl (C=O) groups is 1. The second kappa shape index (κ2) is 4.36. The standard InChI is InChI=1S/C12H15NO/c14-12(11-2-1-3-11)5-4-10-6-8-13-9-7-10/h6-9,11H,1-5H2. The summed E-state index contributed by atoms with van der Waals surface area (Å²) in [6, 6.07) is 3.96. The number of carbonyl (C=O) groups excluding carboxylic acids is 1. The van der Waals surface area contributed by atoms with Gasteiger partial charge in [0.25, 0.3) is 0 Å². The Labute approximate surface area is 84.4 Å². The second-order valence-electron chi connectivity index (χ2n) is 3.95. The predicted octanol–water partition coefficient (Wildman–Crippen LogP) is 2.38. The number of Topliss-reactive ketones (excluding diaryl/α,β-unsaturated/α-hetero) is 1. The summed E-state index contributed by atoms with van der Waals surface area (Å²) >= 11 is 0. The Kier molecular flexibility index (Phi) is 2.92. The van der Waals surface area contributed by atoms with E-state index in [1.54, 1.807) is 12.4 Å². The van der Waals surface area contributed by atoms with Crippen LogP contribution in [0.4, 0.5) is 0 Å². The van der Waals surface area contributed by atoms with Crippen LogP contribution in [0.15, 0.2) is 24.5 Å². The summed E-state index contributed by atoms with van der Waals surface area (Å²) in [4.78, 5) is 15.5. The summed E-state index contributed by atoms with van der Waals surface area (Å²) in [7, 11) is 0. The molecule has 1 aromatic heterocycles. The van der Waals surface area contributed by atoms with E-state index in [4.69, 9.17) is 0 Å². The molecule has 0 saturated heterocycles. The molecule has 0 bridgehead atoms. The highest BCUT2D eigenvalue weighted by Crippen LogP contribution is 2.28. The van der Waals surface area contributed by atoms with Crippen LogP contribution in [-0.2, 0) is 11.2 Å². The Bertz CT molecular complexity index is 303. The topological polar surface area (TPSA) is 30.0 Å². The number of pyridine rings is 1. The fourth-order valence-electron chi connectivity index (χ4n) is 1.75. The molecule has 0 N–H and O–H groups in total. The lowest BCUT2D eigenvalue weighted by Crippen LogP contribution is -2.22.